The van der Waals surface area contributed by atoms with E-state index in [-0.39, 0.29) is 40.5 Å². The van der Waals surface area contributed by atoms with E-state index < -0.39 is 21.4 Å². The standard InChI is InChI=1S/C32H42N4O5S/c1-31(2,3)18-28(37)35-21-25(27(22-35)24-8-6-5-7-9-24)20-34-16-14-32(15-17-34)29(38)36(30(39)33-32)19-23-10-12-26(13-11-23)42(4,40)41/h5-13,25,27H,14-22H2,1-4H3,(H,33,39). The first kappa shape index (κ1) is 30.2. The number of hydrogen-bond acceptors (Lipinski definition) is 6. The first-order valence-corrected chi connectivity index (χ1v) is 16.6. The van der Waals surface area contributed by atoms with Gasteiger partial charge in [0.05, 0.1) is 11.4 Å². The molecule has 1 N–H and O–H groups in total. The van der Waals surface area contributed by atoms with Gasteiger partial charge in [0.15, 0.2) is 9.84 Å². The lowest BCUT2D eigenvalue weighted by atomic mass is 9.85. The van der Waals surface area contributed by atoms with Crippen LogP contribution >= 0.6 is 0 Å². The van der Waals surface area contributed by atoms with Crippen LogP contribution in [0.3, 0.4) is 0 Å². The lowest BCUT2D eigenvalue weighted by Gasteiger charge is -2.38. The number of piperidine rings is 1. The minimum atomic E-state index is -3.32. The largest absolute Gasteiger partial charge is 0.342 e. The van der Waals surface area contributed by atoms with Crippen LogP contribution in [0.25, 0.3) is 0 Å². The fraction of sp³-hybridized carbons (Fsp3) is 0.531. The minimum absolute atomic E-state index is 0.0651. The van der Waals surface area contributed by atoms with Crippen LogP contribution < -0.4 is 5.32 Å². The molecule has 0 saturated carbocycles. The molecule has 3 heterocycles. The molecule has 2 unspecified atom stereocenters. The zero-order valence-electron chi connectivity index (χ0n) is 25.0. The molecule has 2 aromatic carbocycles. The molecular formula is C32H42N4O5S. The average Bonchev–Trinajstić information content (AvgIpc) is 3.44. The maximum atomic E-state index is 13.5. The molecule has 1 spiro atoms. The molecule has 2 atom stereocenters. The second-order valence-corrected chi connectivity index (χ2v) is 15.4. The van der Waals surface area contributed by atoms with Crippen LogP contribution in [0.4, 0.5) is 4.79 Å². The monoisotopic (exact) mass is 594 g/mol. The smallest absolute Gasteiger partial charge is 0.325 e. The van der Waals surface area contributed by atoms with E-state index in [0.29, 0.717) is 37.9 Å². The molecule has 9 nitrogen and oxygen atoms in total. The van der Waals surface area contributed by atoms with E-state index in [1.165, 1.54) is 22.6 Å². The van der Waals surface area contributed by atoms with Gasteiger partial charge in [-0.05, 0) is 47.4 Å². The summed E-state index contributed by atoms with van der Waals surface area (Å²) in [6.07, 6.45) is 2.72. The molecule has 3 fully saturated rings. The highest BCUT2D eigenvalue weighted by molar-refractivity contribution is 7.90. The number of carbonyl (C=O) groups is 3. The predicted molar refractivity (Wildman–Crippen MR) is 160 cm³/mol. The van der Waals surface area contributed by atoms with Crippen LogP contribution in [0.5, 0.6) is 0 Å². The van der Waals surface area contributed by atoms with E-state index in [1.807, 2.05) is 11.0 Å². The Morgan fingerprint density at radius 2 is 1.62 bits per heavy atom. The average molecular weight is 595 g/mol. The molecule has 226 valence electrons. The molecule has 0 aliphatic carbocycles. The predicted octanol–water partition coefficient (Wildman–Crippen LogP) is 3.65. The van der Waals surface area contributed by atoms with Gasteiger partial charge < -0.3 is 15.1 Å². The first-order valence-electron chi connectivity index (χ1n) is 14.7. The molecule has 42 heavy (non-hydrogen) atoms. The quantitative estimate of drug-likeness (QED) is 0.491. The molecule has 3 aliphatic heterocycles. The van der Waals surface area contributed by atoms with E-state index in [0.717, 1.165) is 25.9 Å². The van der Waals surface area contributed by atoms with Gasteiger partial charge in [-0.25, -0.2) is 13.2 Å². The number of sulfone groups is 1. The Morgan fingerprint density at radius 1 is 0.976 bits per heavy atom. The molecule has 0 radical (unpaired) electrons. The van der Waals surface area contributed by atoms with Gasteiger partial charge in [-0.1, -0.05) is 63.2 Å². The fourth-order valence-corrected chi connectivity index (χ4v) is 7.17. The maximum absolute atomic E-state index is 13.5. The van der Waals surface area contributed by atoms with Crippen molar-refractivity contribution >= 4 is 27.7 Å². The number of hydrogen-bond donors (Lipinski definition) is 1. The molecule has 5 rings (SSSR count). The van der Waals surface area contributed by atoms with Crippen molar-refractivity contribution < 1.29 is 22.8 Å². The summed E-state index contributed by atoms with van der Waals surface area (Å²) in [6, 6.07) is 16.3. The van der Waals surface area contributed by atoms with Crippen molar-refractivity contribution in [3.8, 4) is 0 Å². The number of imide groups is 1. The van der Waals surface area contributed by atoms with Crippen molar-refractivity contribution in [2.24, 2.45) is 11.3 Å². The van der Waals surface area contributed by atoms with E-state index in [4.69, 9.17) is 0 Å². The summed E-state index contributed by atoms with van der Waals surface area (Å²) in [4.78, 5) is 45.4. The Kier molecular flexibility index (Phi) is 8.24. The fourth-order valence-electron chi connectivity index (χ4n) is 6.54. The van der Waals surface area contributed by atoms with Gasteiger partial charge in [0.25, 0.3) is 5.91 Å². The molecule has 4 amide bonds. The van der Waals surface area contributed by atoms with Crippen molar-refractivity contribution in [2.45, 2.75) is 62.9 Å². The van der Waals surface area contributed by atoms with E-state index in [2.05, 4.69) is 55.3 Å². The Balaban J connectivity index is 1.22. The van der Waals surface area contributed by atoms with Crippen molar-refractivity contribution in [1.82, 2.24) is 20.0 Å². The second kappa shape index (κ2) is 11.4. The summed E-state index contributed by atoms with van der Waals surface area (Å²) in [5.41, 5.74) is 0.966. The number of rotatable bonds is 7. The third-order valence-electron chi connectivity index (χ3n) is 8.84. The van der Waals surface area contributed by atoms with E-state index >= 15 is 0 Å². The van der Waals surface area contributed by atoms with E-state index in [9.17, 15) is 22.8 Å². The van der Waals surface area contributed by atoms with Crippen molar-refractivity contribution in [1.29, 1.82) is 0 Å². The summed E-state index contributed by atoms with van der Waals surface area (Å²) in [5, 5.41) is 2.98. The highest BCUT2D eigenvalue weighted by atomic mass is 32.2. The lowest BCUT2D eigenvalue weighted by Crippen LogP contribution is -2.55. The third-order valence-corrected chi connectivity index (χ3v) is 9.97. The Bertz CT molecular complexity index is 1430. The number of nitrogens with one attached hydrogen (secondary N) is 1. The maximum Gasteiger partial charge on any atom is 0.325 e. The van der Waals surface area contributed by atoms with Gasteiger partial charge in [-0.3, -0.25) is 14.5 Å². The van der Waals surface area contributed by atoms with Gasteiger partial charge in [-0.2, -0.15) is 0 Å². The van der Waals surface area contributed by atoms with E-state index in [1.54, 1.807) is 12.1 Å². The lowest BCUT2D eigenvalue weighted by molar-refractivity contribution is -0.134. The zero-order chi connectivity index (χ0) is 30.3. The number of urea groups is 1. The highest BCUT2D eigenvalue weighted by Crippen LogP contribution is 2.37. The summed E-state index contributed by atoms with van der Waals surface area (Å²) in [5.74, 6) is 0.518. The topological polar surface area (TPSA) is 107 Å². The first-order chi connectivity index (χ1) is 19.7. The molecule has 3 aliphatic rings. The molecular weight excluding hydrogens is 552 g/mol. The van der Waals surface area contributed by atoms with Crippen LogP contribution in [0.15, 0.2) is 59.5 Å². The summed E-state index contributed by atoms with van der Waals surface area (Å²) in [6.45, 7) is 10.00. The highest BCUT2D eigenvalue weighted by Gasteiger charge is 2.52. The van der Waals surface area contributed by atoms with Crippen LogP contribution in [-0.2, 0) is 26.0 Å². The second-order valence-electron chi connectivity index (χ2n) is 13.4. The van der Waals surface area contributed by atoms with Gasteiger partial charge in [-0.15, -0.1) is 0 Å². The van der Waals surface area contributed by atoms with Gasteiger partial charge >= 0.3 is 6.03 Å². The van der Waals surface area contributed by atoms with Crippen molar-refractivity contribution in [3.05, 3.63) is 65.7 Å². The van der Waals surface area contributed by atoms with Crippen LogP contribution in [0.1, 0.15) is 57.1 Å². The molecule has 3 saturated heterocycles. The molecule has 0 bridgehead atoms. The SMILES string of the molecule is CC(C)(C)CC(=O)N1CC(CN2CCC3(CC2)NC(=O)N(Cc2ccc(S(C)(=O)=O)cc2)C3=O)C(c2ccccc2)C1. The van der Waals surface area contributed by atoms with Crippen molar-refractivity contribution in [2.75, 3.05) is 39.0 Å². The van der Waals surface area contributed by atoms with Crippen LogP contribution in [0.2, 0.25) is 0 Å². The number of amides is 4. The summed E-state index contributed by atoms with van der Waals surface area (Å²) in [7, 11) is -3.32. The van der Waals surface area contributed by atoms with Crippen LogP contribution in [0, 0.1) is 11.3 Å². The van der Waals surface area contributed by atoms with Crippen molar-refractivity contribution in [3.63, 3.8) is 0 Å². The summed E-state index contributed by atoms with van der Waals surface area (Å²) < 4.78 is 23.5. The summed E-state index contributed by atoms with van der Waals surface area (Å²) >= 11 is 0. The van der Waals surface area contributed by atoms with Gasteiger partial charge in [0.1, 0.15) is 5.54 Å². The third kappa shape index (κ3) is 6.54. The Morgan fingerprint density at radius 3 is 2.21 bits per heavy atom. The Labute approximate surface area is 249 Å². The molecule has 0 aromatic heterocycles. The number of nitrogens with zero attached hydrogens (tertiary/aromatic N) is 3. The molecule has 10 heteroatoms. The number of benzene rings is 2. The minimum Gasteiger partial charge on any atom is -0.342 e. The number of likely N-dealkylation sites (tertiary alicyclic amines) is 2. The van der Waals surface area contributed by atoms with Gasteiger partial charge in [0.2, 0.25) is 5.91 Å². The zero-order valence-corrected chi connectivity index (χ0v) is 25.8. The Hall–Kier alpha value is -3.24. The normalized spacial score (nSPS) is 23.0. The number of carbonyl (C=O) groups excluding carboxylic acids is 3. The van der Waals surface area contributed by atoms with Gasteiger partial charge in [0, 0.05) is 51.3 Å². The van der Waals surface area contributed by atoms with Crippen LogP contribution in [-0.4, -0.2) is 85.5 Å². The molecule has 2 aromatic rings.